The lowest BCUT2D eigenvalue weighted by Gasteiger charge is -2.20. The first kappa shape index (κ1) is 18.1. The van der Waals surface area contributed by atoms with Crippen molar-refractivity contribution in [1.82, 2.24) is 0 Å². The van der Waals surface area contributed by atoms with Crippen molar-refractivity contribution in [1.29, 1.82) is 0 Å². The molecule has 2 aromatic carbocycles. The summed E-state index contributed by atoms with van der Waals surface area (Å²) >= 11 is 0. The second-order valence-electron chi connectivity index (χ2n) is 5.25. The van der Waals surface area contributed by atoms with E-state index in [0.29, 0.717) is 17.1 Å². The maximum atomic E-state index is 12.5. The number of rotatable bonds is 7. The number of methoxy groups -OCH3 is 2. The van der Waals surface area contributed by atoms with E-state index in [0.717, 1.165) is 5.56 Å². The summed E-state index contributed by atoms with van der Waals surface area (Å²) in [5, 5.41) is 0. The van der Waals surface area contributed by atoms with Gasteiger partial charge in [-0.3, -0.25) is 0 Å². The van der Waals surface area contributed by atoms with E-state index in [-0.39, 0.29) is 6.42 Å². The van der Waals surface area contributed by atoms with Crippen LogP contribution in [-0.4, -0.2) is 27.0 Å². The van der Waals surface area contributed by atoms with Crippen LogP contribution in [0.15, 0.2) is 48.5 Å². The molecule has 0 aliphatic carbocycles. The number of benzene rings is 2. The van der Waals surface area contributed by atoms with E-state index < -0.39 is 18.9 Å². The predicted molar refractivity (Wildman–Crippen MR) is 84.4 cm³/mol. The van der Waals surface area contributed by atoms with E-state index in [1.165, 1.54) is 14.2 Å². The SMILES string of the molecule is COc1cc(CC(OCC(F)(F)F)c2ccccc2)cc(OC)c1. The van der Waals surface area contributed by atoms with Crippen LogP contribution in [0.4, 0.5) is 13.2 Å². The Kier molecular flexibility index (Phi) is 6.09. The maximum Gasteiger partial charge on any atom is 0.411 e. The van der Waals surface area contributed by atoms with Crippen molar-refractivity contribution in [2.75, 3.05) is 20.8 Å². The molecule has 0 saturated heterocycles. The summed E-state index contributed by atoms with van der Waals surface area (Å²) in [5.74, 6) is 1.15. The molecule has 0 heterocycles. The number of alkyl halides is 3. The monoisotopic (exact) mass is 340 g/mol. The van der Waals surface area contributed by atoms with Gasteiger partial charge in [0.25, 0.3) is 0 Å². The van der Waals surface area contributed by atoms with Crippen LogP contribution < -0.4 is 9.47 Å². The number of ether oxygens (including phenoxy) is 3. The van der Waals surface area contributed by atoms with Gasteiger partial charge in [0, 0.05) is 12.5 Å². The molecule has 1 atom stereocenters. The van der Waals surface area contributed by atoms with E-state index in [4.69, 9.17) is 14.2 Å². The van der Waals surface area contributed by atoms with Gasteiger partial charge in [0.05, 0.1) is 20.3 Å². The Morgan fingerprint density at radius 2 is 1.50 bits per heavy atom. The van der Waals surface area contributed by atoms with Crippen molar-refractivity contribution in [2.24, 2.45) is 0 Å². The Bertz CT molecular complexity index is 619. The zero-order valence-electron chi connectivity index (χ0n) is 13.5. The van der Waals surface area contributed by atoms with Gasteiger partial charge in [0.2, 0.25) is 0 Å². The summed E-state index contributed by atoms with van der Waals surface area (Å²) in [6, 6.07) is 14.1. The first-order valence-electron chi connectivity index (χ1n) is 7.36. The van der Waals surface area contributed by atoms with E-state index in [1.807, 2.05) is 0 Å². The largest absolute Gasteiger partial charge is 0.497 e. The highest BCUT2D eigenvalue weighted by Crippen LogP contribution is 2.29. The van der Waals surface area contributed by atoms with Crippen molar-refractivity contribution in [2.45, 2.75) is 18.7 Å². The fourth-order valence-corrected chi connectivity index (χ4v) is 2.33. The molecule has 3 nitrogen and oxygen atoms in total. The molecular formula is C18H19F3O3. The number of hydrogen-bond acceptors (Lipinski definition) is 3. The topological polar surface area (TPSA) is 27.7 Å². The molecule has 1 unspecified atom stereocenters. The van der Waals surface area contributed by atoms with Crippen molar-refractivity contribution < 1.29 is 27.4 Å². The van der Waals surface area contributed by atoms with Gasteiger partial charge >= 0.3 is 6.18 Å². The average Bonchev–Trinajstić information content (AvgIpc) is 2.58. The second kappa shape index (κ2) is 8.06. The Labute approximate surface area is 139 Å². The highest BCUT2D eigenvalue weighted by Gasteiger charge is 2.29. The van der Waals surface area contributed by atoms with Crippen molar-refractivity contribution >= 4 is 0 Å². The van der Waals surface area contributed by atoms with E-state index >= 15 is 0 Å². The zero-order chi connectivity index (χ0) is 17.6. The Morgan fingerprint density at radius 3 is 2.00 bits per heavy atom. The van der Waals surface area contributed by atoms with Crippen LogP contribution in [0.1, 0.15) is 17.2 Å². The molecule has 0 fully saturated rings. The Hall–Kier alpha value is -2.21. The molecule has 0 saturated carbocycles. The van der Waals surface area contributed by atoms with Crippen LogP contribution in [0.2, 0.25) is 0 Å². The highest BCUT2D eigenvalue weighted by atomic mass is 19.4. The lowest BCUT2D eigenvalue weighted by Crippen LogP contribution is -2.20. The standard InChI is InChI=1S/C18H19F3O3/c1-22-15-8-13(9-16(11-15)23-2)10-17(24-12-18(19,20)21)14-6-4-3-5-7-14/h3-9,11,17H,10,12H2,1-2H3. The third kappa shape index (κ3) is 5.45. The number of halogens is 3. The normalized spacial score (nSPS) is 12.7. The molecule has 0 spiro atoms. The third-order valence-corrected chi connectivity index (χ3v) is 3.45. The lowest BCUT2D eigenvalue weighted by molar-refractivity contribution is -0.186. The van der Waals surface area contributed by atoms with Gasteiger partial charge in [-0.1, -0.05) is 30.3 Å². The van der Waals surface area contributed by atoms with Gasteiger partial charge in [-0.25, -0.2) is 0 Å². The summed E-state index contributed by atoms with van der Waals surface area (Å²) in [4.78, 5) is 0. The highest BCUT2D eigenvalue weighted by molar-refractivity contribution is 5.39. The van der Waals surface area contributed by atoms with Crippen LogP contribution in [0.25, 0.3) is 0 Å². The summed E-state index contributed by atoms with van der Waals surface area (Å²) in [6.07, 6.45) is -4.82. The predicted octanol–water partition coefficient (Wildman–Crippen LogP) is 4.57. The molecule has 0 radical (unpaired) electrons. The van der Waals surface area contributed by atoms with Crippen LogP contribution in [0.3, 0.4) is 0 Å². The van der Waals surface area contributed by atoms with E-state index in [1.54, 1.807) is 48.5 Å². The molecule has 0 N–H and O–H groups in total. The molecule has 0 amide bonds. The summed E-state index contributed by atoms with van der Waals surface area (Å²) in [5.41, 5.74) is 1.45. The summed E-state index contributed by atoms with van der Waals surface area (Å²) in [6.45, 7) is -1.30. The lowest BCUT2D eigenvalue weighted by atomic mass is 10.0. The maximum absolute atomic E-state index is 12.5. The van der Waals surface area contributed by atoms with Gasteiger partial charge in [-0.15, -0.1) is 0 Å². The summed E-state index contributed by atoms with van der Waals surface area (Å²) in [7, 11) is 3.04. The molecule has 6 heteroatoms. The van der Waals surface area contributed by atoms with Gasteiger partial charge < -0.3 is 14.2 Å². The van der Waals surface area contributed by atoms with Crippen LogP contribution in [0.5, 0.6) is 11.5 Å². The Morgan fingerprint density at radius 1 is 0.917 bits per heavy atom. The molecule has 0 aromatic heterocycles. The van der Waals surface area contributed by atoms with Gasteiger partial charge in [-0.2, -0.15) is 13.2 Å². The molecule has 2 aromatic rings. The zero-order valence-corrected chi connectivity index (χ0v) is 13.5. The minimum Gasteiger partial charge on any atom is -0.497 e. The molecule has 130 valence electrons. The van der Waals surface area contributed by atoms with Crippen LogP contribution >= 0.6 is 0 Å². The number of hydrogen-bond donors (Lipinski definition) is 0. The van der Waals surface area contributed by atoms with Crippen LogP contribution in [0, 0.1) is 0 Å². The molecule has 0 bridgehead atoms. The molecule has 0 aliphatic heterocycles. The fraction of sp³-hybridized carbons (Fsp3) is 0.333. The molecule has 2 rings (SSSR count). The van der Waals surface area contributed by atoms with Gasteiger partial charge in [-0.05, 0) is 23.3 Å². The molecule has 0 aliphatic rings. The van der Waals surface area contributed by atoms with Crippen LogP contribution in [-0.2, 0) is 11.2 Å². The Balaban J connectivity index is 2.24. The fourth-order valence-electron chi connectivity index (χ4n) is 2.33. The van der Waals surface area contributed by atoms with Gasteiger partial charge in [0.15, 0.2) is 0 Å². The molecule has 24 heavy (non-hydrogen) atoms. The van der Waals surface area contributed by atoms with Crippen molar-refractivity contribution in [3.63, 3.8) is 0 Å². The first-order chi connectivity index (χ1) is 11.4. The van der Waals surface area contributed by atoms with Crippen molar-refractivity contribution in [3.8, 4) is 11.5 Å². The van der Waals surface area contributed by atoms with E-state index in [9.17, 15) is 13.2 Å². The first-order valence-corrected chi connectivity index (χ1v) is 7.36. The second-order valence-corrected chi connectivity index (χ2v) is 5.25. The minimum absolute atomic E-state index is 0.271. The average molecular weight is 340 g/mol. The van der Waals surface area contributed by atoms with E-state index in [2.05, 4.69) is 0 Å². The minimum atomic E-state index is -4.38. The smallest absolute Gasteiger partial charge is 0.411 e. The van der Waals surface area contributed by atoms with Gasteiger partial charge in [0.1, 0.15) is 18.1 Å². The molecular weight excluding hydrogens is 321 g/mol. The third-order valence-electron chi connectivity index (χ3n) is 3.45. The van der Waals surface area contributed by atoms with Crippen molar-refractivity contribution in [3.05, 3.63) is 59.7 Å². The quantitative estimate of drug-likeness (QED) is 0.739. The summed E-state index contributed by atoms with van der Waals surface area (Å²) < 4.78 is 53.2.